The molecule has 1 aromatic heterocycles. The van der Waals surface area contributed by atoms with Crippen LogP contribution in [0.2, 0.25) is 0 Å². The Kier molecular flexibility index (Phi) is 4.11. The summed E-state index contributed by atoms with van der Waals surface area (Å²) < 4.78 is 5.38. The van der Waals surface area contributed by atoms with Crippen LogP contribution in [0.1, 0.15) is 24.4 Å². The molecule has 2 heterocycles. The molecule has 1 fully saturated rings. The third-order valence-electron chi connectivity index (χ3n) is 2.57. The largest absolute Gasteiger partial charge is 0.462 e. The molecule has 1 aliphatic heterocycles. The number of nitrogens with one attached hydrogen (secondary N) is 1. The van der Waals surface area contributed by atoms with Gasteiger partial charge in [0.05, 0.1) is 6.54 Å². The number of thioether (sulfide) groups is 1. The van der Waals surface area contributed by atoms with Crippen molar-refractivity contribution in [2.45, 2.75) is 31.2 Å². The first-order valence-corrected chi connectivity index (χ1v) is 6.44. The summed E-state index contributed by atoms with van der Waals surface area (Å²) in [5.74, 6) is 2.85. The number of aliphatic hydroxyl groups excluding tert-OH is 1. The van der Waals surface area contributed by atoms with Gasteiger partial charge in [0.2, 0.25) is 0 Å². The number of hydrogen-bond acceptors (Lipinski definition) is 4. The minimum absolute atomic E-state index is 0.0154. The molecule has 0 aromatic carbocycles. The van der Waals surface area contributed by atoms with Gasteiger partial charge in [-0.3, -0.25) is 0 Å². The topological polar surface area (TPSA) is 45.4 Å². The Hall–Kier alpha value is -0.450. The lowest BCUT2D eigenvalue weighted by atomic mass is 10.2. The zero-order valence-corrected chi connectivity index (χ0v) is 9.55. The monoisotopic (exact) mass is 227 g/mol. The molecule has 1 atom stereocenters. The fourth-order valence-electron chi connectivity index (χ4n) is 1.76. The summed E-state index contributed by atoms with van der Waals surface area (Å²) in [4.78, 5) is 0. The van der Waals surface area contributed by atoms with Gasteiger partial charge in [-0.2, -0.15) is 11.8 Å². The van der Waals surface area contributed by atoms with Gasteiger partial charge in [0, 0.05) is 11.8 Å². The van der Waals surface area contributed by atoms with Gasteiger partial charge in [-0.15, -0.1) is 0 Å². The Labute approximate surface area is 94.2 Å². The molecule has 3 nitrogen and oxygen atoms in total. The molecule has 2 rings (SSSR count). The molecule has 0 bridgehead atoms. The highest BCUT2D eigenvalue weighted by Crippen LogP contribution is 2.25. The Bertz CT molecular complexity index is 295. The first-order valence-electron chi connectivity index (χ1n) is 5.39. The van der Waals surface area contributed by atoms with Gasteiger partial charge in [-0.1, -0.05) is 0 Å². The van der Waals surface area contributed by atoms with Crippen molar-refractivity contribution in [1.82, 2.24) is 5.32 Å². The maximum atomic E-state index is 8.83. The summed E-state index contributed by atoms with van der Waals surface area (Å²) in [6.45, 7) is 1.80. The first-order chi connectivity index (χ1) is 7.38. The van der Waals surface area contributed by atoms with E-state index in [9.17, 15) is 0 Å². The van der Waals surface area contributed by atoms with E-state index in [1.165, 1.54) is 18.6 Å². The van der Waals surface area contributed by atoms with Gasteiger partial charge in [0.25, 0.3) is 0 Å². The summed E-state index contributed by atoms with van der Waals surface area (Å²) in [7, 11) is 0. The highest BCUT2D eigenvalue weighted by Gasteiger charge is 2.14. The SMILES string of the molecule is OCc1ccc(CNCC2CCCS2)o1. The summed E-state index contributed by atoms with van der Waals surface area (Å²) in [5, 5.41) is 13.0. The summed E-state index contributed by atoms with van der Waals surface area (Å²) in [6.07, 6.45) is 2.68. The average Bonchev–Trinajstić information content (AvgIpc) is 2.88. The van der Waals surface area contributed by atoms with Gasteiger partial charge in [0.1, 0.15) is 18.1 Å². The van der Waals surface area contributed by atoms with Crippen LogP contribution < -0.4 is 5.32 Å². The maximum Gasteiger partial charge on any atom is 0.129 e. The third kappa shape index (κ3) is 3.26. The van der Waals surface area contributed by atoms with Crippen LogP contribution in [0.15, 0.2) is 16.5 Å². The minimum atomic E-state index is -0.0154. The van der Waals surface area contributed by atoms with Crippen molar-refractivity contribution in [1.29, 1.82) is 0 Å². The molecule has 2 N–H and O–H groups in total. The van der Waals surface area contributed by atoms with Crippen LogP contribution in [-0.2, 0) is 13.2 Å². The number of furan rings is 1. The molecule has 84 valence electrons. The van der Waals surface area contributed by atoms with E-state index < -0.39 is 0 Å². The van der Waals surface area contributed by atoms with Gasteiger partial charge in [-0.05, 0) is 30.7 Å². The standard InChI is InChI=1S/C11H17NO2S/c13-8-10-4-3-9(14-10)6-12-7-11-2-1-5-15-11/h3-4,11-13H,1-2,5-8H2. The number of aliphatic hydroxyl groups is 1. The second kappa shape index (κ2) is 5.58. The van der Waals surface area contributed by atoms with Crippen LogP contribution in [0.4, 0.5) is 0 Å². The molecular weight excluding hydrogens is 210 g/mol. The molecule has 1 unspecified atom stereocenters. The van der Waals surface area contributed by atoms with Crippen LogP contribution in [0.25, 0.3) is 0 Å². The summed E-state index contributed by atoms with van der Waals surface area (Å²) in [5.41, 5.74) is 0. The number of rotatable bonds is 5. The van der Waals surface area contributed by atoms with Crippen LogP contribution in [0.5, 0.6) is 0 Å². The van der Waals surface area contributed by atoms with Crippen LogP contribution >= 0.6 is 11.8 Å². The lowest BCUT2D eigenvalue weighted by Gasteiger charge is -2.08. The van der Waals surface area contributed by atoms with Crippen molar-refractivity contribution in [3.05, 3.63) is 23.7 Å². The second-order valence-corrected chi connectivity index (χ2v) is 5.20. The molecule has 4 heteroatoms. The second-order valence-electron chi connectivity index (χ2n) is 3.79. The zero-order valence-electron chi connectivity index (χ0n) is 8.74. The van der Waals surface area contributed by atoms with Crippen molar-refractivity contribution in [3.8, 4) is 0 Å². The average molecular weight is 227 g/mol. The fraction of sp³-hybridized carbons (Fsp3) is 0.636. The summed E-state index contributed by atoms with van der Waals surface area (Å²) >= 11 is 2.05. The van der Waals surface area contributed by atoms with Gasteiger partial charge in [0.15, 0.2) is 0 Å². The van der Waals surface area contributed by atoms with Crippen molar-refractivity contribution in [2.24, 2.45) is 0 Å². The van der Waals surface area contributed by atoms with Gasteiger partial charge < -0.3 is 14.8 Å². The van der Waals surface area contributed by atoms with Gasteiger partial charge in [-0.25, -0.2) is 0 Å². The molecular formula is C11H17NO2S. The molecule has 0 saturated carbocycles. The van der Waals surface area contributed by atoms with Crippen molar-refractivity contribution in [3.63, 3.8) is 0 Å². The molecule has 15 heavy (non-hydrogen) atoms. The van der Waals surface area contributed by atoms with E-state index in [4.69, 9.17) is 9.52 Å². The maximum absolute atomic E-state index is 8.83. The van der Waals surface area contributed by atoms with Crippen LogP contribution in [-0.4, -0.2) is 22.7 Å². The van der Waals surface area contributed by atoms with E-state index in [0.29, 0.717) is 5.76 Å². The highest BCUT2D eigenvalue weighted by atomic mass is 32.2. The summed E-state index contributed by atoms with van der Waals surface area (Å²) in [6, 6.07) is 3.74. The normalized spacial score (nSPS) is 21.0. The smallest absolute Gasteiger partial charge is 0.129 e. The molecule has 0 amide bonds. The van der Waals surface area contributed by atoms with E-state index in [2.05, 4.69) is 17.1 Å². The van der Waals surface area contributed by atoms with Crippen molar-refractivity contribution in [2.75, 3.05) is 12.3 Å². The molecule has 1 aromatic rings. The van der Waals surface area contributed by atoms with Crippen molar-refractivity contribution < 1.29 is 9.52 Å². The molecule has 0 radical (unpaired) electrons. The Morgan fingerprint density at radius 2 is 2.33 bits per heavy atom. The fourth-order valence-corrected chi connectivity index (χ4v) is 3.00. The molecule has 1 saturated heterocycles. The van der Waals surface area contributed by atoms with E-state index in [0.717, 1.165) is 24.1 Å². The van der Waals surface area contributed by atoms with E-state index in [-0.39, 0.29) is 6.61 Å². The Balaban J connectivity index is 1.68. The lowest BCUT2D eigenvalue weighted by molar-refractivity contribution is 0.243. The van der Waals surface area contributed by atoms with Crippen LogP contribution in [0, 0.1) is 0 Å². The molecule has 0 spiro atoms. The highest BCUT2D eigenvalue weighted by molar-refractivity contribution is 8.00. The predicted octanol–water partition coefficient (Wildman–Crippen LogP) is 1.76. The van der Waals surface area contributed by atoms with E-state index >= 15 is 0 Å². The molecule has 0 aliphatic carbocycles. The first kappa shape index (κ1) is 11.0. The quantitative estimate of drug-likeness (QED) is 0.804. The Morgan fingerprint density at radius 3 is 3.00 bits per heavy atom. The third-order valence-corrected chi connectivity index (χ3v) is 3.97. The van der Waals surface area contributed by atoms with Gasteiger partial charge >= 0.3 is 0 Å². The van der Waals surface area contributed by atoms with E-state index in [1.54, 1.807) is 0 Å². The Morgan fingerprint density at radius 1 is 1.47 bits per heavy atom. The number of hydrogen-bond donors (Lipinski definition) is 2. The predicted molar refractivity (Wildman–Crippen MR) is 61.8 cm³/mol. The van der Waals surface area contributed by atoms with E-state index in [1.807, 2.05) is 12.1 Å². The zero-order chi connectivity index (χ0) is 10.5. The lowest BCUT2D eigenvalue weighted by Crippen LogP contribution is -2.22. The van der Waals surface area contributed by atoms with Crippen LogP contribution in [0.3, 0.4) is 0 Å². The minimum Gasteiger partial charge on any atom is -0.462 e. The van der Waals surface area contributed by atoms with Crippen molar-refractivity contribution >= 4 is 11.8 Å². The molecule has 1 aliphatic rings.